The Hall–Kier alpha value is -1.03. The van der Waals surface area contributed by atoms with Crippen LogP contribution >= 0.6 is 11.3 Å². The van der Waals surface area contributed by atoms with Crippen LogP contribution in [-0.2, 0) is 14.9 Å². The summed E-state index contributed by atoms with van der Waals surface area (Å²) in [4.78, 5) is 19.2. The lowest BCUT2D eigenvalue weighted by Gasteiger charge is -2.12. The molecule has 88 valence electrons. The van der Waals surface area contributed by atoms with E-state index in [0.29, 0.717) is 13.0 Å². The van der Waals surface area contributed by atoms with Gasteiger partial charge in [-0.2, -0.15) is 0 Å². The molecule has 9 heteroatoms. The number of thiazole rings is 1. The van der Waals surface area contributed by atoms with E-state index in [1.807, 2.05) is 0 Å². The first-order chi connectivity index (χ1) is 7.53. The Morgan fingerprint density at radius 2 is 2.38 bits per heavy atom. The fourth-order valence-corrected chi connectivity index (χ4v) is 3.79. The van der Waals surface area contributed by atoms with Gasteiger partial charge in [-0.05, 0) is 6.42 Å². The van der Waals surface area contributed by atoms with Gasteiger partial charge in [-0.15, -0.1) is 11.3 Å². The van der Waals surface area contributed by atoms with Crippen LogP contribution in [-0.4, -0.2) is 42.1 Å². The molecule has 1 saturated heterocycles. The number of hydrogen-bond acceptors (Lipinski definition) is 6. The van der Waals surface area contributed by atoms with E-state index < -0.39 is 21.7 Å². The first kappa shape index (κ1) is 11.5. The normalized spacial score (nSPS) is 17.8. The van der Waals surface area contributed by atoms with Gasteiger partial charge in [-0.3, -0.25) is 4.84 Å². The zero-order valence-electron chi connectivity index (χ0n) is 7.99. The van der Waals surface area contributed by atoms with E-state index >= 15 is 0 Å². The third kappa shape index (κ3) is 1.82. The molecule has 1 aromatic heterocycles. The van der Waals surface area contributed by atoms with Gasteiger partial charge in [0.15, 0.2) is 9.90 Å². The van der Waals surface area contributed by atoms with Crippen molar-refractivity contribution in [2.45, 2.75) is 10.6 Å². The maximum Gasteiger partial charge on any atom is 0.356 e. The van der Waals surface area contributed by atoms with Crippen LogP contribution in [0.4, 0.5) is 0 Å². The van der Waals surface area contributed by atoms with E-state index in [9.17, 15) is 13.2 Å². The van der Waals surface area contributed by atoms with Crippen LogP contribution < -0.4 is 0 Å². The van der Waals surface area contributed by atoms with Gasteiger partial charge in [-0.25, -0.2) is 18.2 Å². The maximum atomic E-state index is 11.9. The van der Waals surface area contributed by atoms with E-state index in [2.05, 4.69) is 4.98 Å². The fraction of sp³-hybridized carbons (Fsp3) is 0.429. The highest BCUT2D eigenvalue weighted by atomic mass is 32.2. The number of aromatic carboxylic acids is 1. The molecule has 1 fully saturated rings. The number of hydrogen-bond donors (Lipinski definition) is 1. The fourth-order valence-electron chi connectivity index (χ4n) is 1.27. The van der Waals surface area contributed by atoms with Crippen LogP contribution in [0.1, 0.15) is 16.9 Å². The van der Waals surface area contributed by atoms with Gasteiger partial charge in [0.1, 0.15) is 0 Å². The van der Waals surface area contributed by atoms with Crippen molar-refractivity contribution in [1.82, 2.24) is 9.45 Å². The number of carboxylic acid groups (broad SMARTS) is 1. The Labute approximate surface area is 95.3 Å². The summed E-state index contributed by atoms with van der Waals surface area (Å²) >= 11 is 0.770. The number of aromatic nitrogens is 1. The molecular formula is C7H8N2O5S2. The van der Waals surface area contributed by atoms with Crippen molar-refractivity contribution in [1.29, 1.82) is 0 Å². The van der Waals surface area contributed by atoms with E-state index in [0.717, 1.165) is 15.8 Å². The minimum atomic E-state index is -3.88. The minimum absolute atomic E-state index is 0.235. The lowest BCUT2D eigenvalue weighted by molar-refractivity contribution is -0.0283. The number of carboxylic acids is 1. The molecule has 0 aromatic carbocycles. The molecule has 0 saturated carbocycles. The van der Waals surface area contributed by atoms with E-state index in [4.69, 9.17) is 9.94 Å². The second-order valence-electron chi connectivity index (χ2n) is 3.01. The van der Waals surface area contributed by atoms with E-state index in [-0.39, 0.29) is 10.8 Å². The lowest BCUT2D eigenvalue weighted by Crippen LogP contribution is -2.27. The molecule has 0 aliphatic carbocycles. The van der Waals surface area contributed by atoms with E-state index in [1.54, 1.807) is 0 Å². The highest BCUT2D eigenvalue weighted by Crippen LogP contribution is 2.26. The van der Waals surface area contributed by atoms with Crippen LogP contribution in [0, 0.1) is 0 Å². The molecule has 0 atom stereocenters. The molecule has 1 aromatic rings. The third-order valence-electron chi connectivity index (χ3n) is 1.96. The topological polar surface area (TPSA) is 96.8 Å². The molecule has 0 amide bonds. The van der Waals surface area contributed by atoms with Crippen LogP contribution in [0.15, 0.2) is 9.72 Å². The van der Waals surface area contributed by atoms with Gasteiger partial charge >= 0.3 is 5.97 Å². The Morgan fingerprint density at radius 3 is 2.94 bits per heavy atom. The van der Waals surface area contributed by atoms with Crippen LogP contribution in [0.2, 0.25) is 0 Å². The van der Waals surface area contributed by atoms with Crippen molar-refractivity contribution in [2.24, 2.45) is 0 Å². The summed E-state index contributed by atoms with van der Waals surface area (Å²) in [7, 11) is -3.88. The minimum Gasteiger partial charge on any atom is -0.476 e. The van der Waals surface area contributed by atoms with Crippen molar-refractivity contribution in [2.75, 3.05) is 13.2 Å². The van der Waals surface area contributed by atoms with E-state index in [1.165, 1.54) is 5.51 Å². The van der Waals surface area contributed by atoms with Crippen LogP contribution in [0.5, 0.6) is 0 Å². The summed E-state index contributed by atoms with van der Waals surface area (Å²) in [6.07, 6.45) is 0.598. The Bertz CT molecular complexity index is 503. The van der Waals surface area contributed by atoms with Gasteiger partial charge in [0, 0.05) is 6.54 Å². The molecule has 16 heavy (non-hydrogen) atoms. The third-order valence-corrected chi connectivity index (χ3v) is 4.98. The second kappa shape index (κ2) is 4.09. The SMILES string of the molecule is O=C(O)c1ncsc1S(=O)(=O)N1CCCO1. The number of hydroxylamine groups is 1. The van der Waals surface area contributed by atoms with Crippen molar-refractivity contribution >= 4 is 27.3 Å². The summed E-state index contributed by atoms with van der Waals surface area (Å²) in [6, 6.07) is 0. The molecule has 0 radical (unpaired) electrons. The number of carbonyl (C=O) groups is 1. The Kier molecular flexibility index (Phi) is 2.93. The Balaban J connectivity index is 2.42. The molecular weight excluding hydrogens is 256 g/mol. The average Bonchev–Trinajstić information content (AvgIpc) is 2.89. The summed E-state index contributed by atoms with van der Waals surface area (Å²) in [5.74, 6) is -1.36. The molecule has 7 nitrogen and oxygen atoms in total. The van der Waals surface area contributed by atoms with Gasteiger partial charge in [0.05, 0.1) is 12.1 Å². The highest BCUT2D eigenvalue weighted by molar-refractivity contribution is 7.91. The molecule has 2 rings (SSSR count). The maximum absolute atomic E-state index is 11.9. The average molecular weight is 264 g/mol. The van der Waals surface area contributed by atoms with Gasteiger partial charge in [0.2, 0.25) is 0 Å². The molecule has 0 spiro atoms. The summed E-state index contributed by atoms with van der Waals surface area (Å²) in [5, 5.41) is 8.78. The smallest absolute Gasteiger partial charge is 0.356 e. The Morgan fingerprint density at radius 1 is 1.62 bits per heavy atom. The summed E-state index contributed by atoms with van der Waals surface area (Å²) in [6.45, 7) is 0.555. The van der Waals surface area contributed by atoms with Crippen molar-refractivity contribution in [3.8, 4) is 0 Å². The molecule has 2 heterocycles. The van der Waals surface area contributed by atoms with Crippen molar-refractivity contribution in [3.05, 3.63) is 11.2 Å². The zero-order valence-corrected chi connectivity index (χ0v) is 9.62. The highest BCUT2D eigenvalue weighted by Gasteiger charge is 2.34. The standard InChI is InChI=1S/C7H8N2O5S2/c10-6(11)5-7(15-4-8-5)16(12,13)9-2-1-3-14-9/h4H,1-3H2,(H,10,11). The first-order valence-electron chi connectivity index (χ1n) is 4.36. The number of nitrogens with zero attached hydrogens (tertiary/aromatic N) is 2. The predicted octanol–water partition coefficient (Wildman–Crippen LogP) is 0.167. The van der Waals surface area contributed by atoms with Gasteiger partial charge in [-0.1, -0.05) is 4.47 Å². The first-order valence-corrected chi connectivity index (χ1v) is 6.68. The molecule has 1 aliphatic rings. The molecule has 1 N–H and O–H groups in total. The van der Waals surface area contributed by atoms with Crippen molar-refractivity contribution < 1.29 is 23.2 Å². The monoisotopic (exact) mass is 264 g/mol. The molecule has 1 aliphatic heterocycles. The number of sulfonamides is 1. The lowest BCUT2D eigenvalue weighted by atomic mass is 10.5. The summed E-state index contributed by atoms with van der Waals surface area (Å²) in [5.41, 5.74) is 0.729. The largest absolute Gasteiger partial charge is 0.476 e. The van der Waals surface area contributed by atoms with Crippen LogP contribution in [0.25, 0.3) is 0 Å². The van der Waals surface area contributed by atoms with Gasteiger partial charge < -0.3 is 5.11 Å². The van der Waals surface area contributed by atoms with Crippen molar-refractivity contribution in [3.63, 3.8) is 0 Å². The predicted molar refractivity (Wildman–Crippen MR) is 53.5 cm³/mol. The van der Waals surface area contributed by atoms with Crippen LogP contribution in [0.3, 0.4) is 0 Å². The quantitative estimate of drug-likeness (QED) is 0.835. The summed E-state index contributed by atoms with van der Waals surface area (Å²) < 4.78 is 24.4. The molecule has 0 bridgehead atoms. The van der Waals surface area contributed by atoms with Gasteiger partial charge in [0.25, 0.3) is 10.0 Å². The zero-order chi connectivity index (χ0) is 11.8. The number of rotatable bonds is 3. The second-order valence-corrected chi connectivity index (χ2v) is 5.89. The molecule has 0 unspecified atom stereocenters.